The molecule has 3 rings (SSSR count). The van der Waals surface area contributed by atoms with Gasteiger partial charge in [0.1, 0.15) is 0 Å². The van der Waals surface area contributed by atoms with E-state index in [1.165, 1.54) is 6.08 Å². The molecule has 0 saturated heterocycles. The molecule has 146 valence electrons. The lowest BCUT2D eigenvalue weighted by molar-refractivity contribution is -0.142. The van der Waals surface area contributed by atoms with Crippen molar-refractivity contribution in [3.05, 3.63) is 59.7 Å². The molecule has 0 unspecified atom stereocenters. The van der Waals surface area contributed by atoms with Crippen molar-refractivity contribution >= 4 is 23.6 Å². The number of carbonyl (C=O) groups excluding carboxylic acids is 2. The molecule has 0 bridgehead atoms. The fourth-order valence-corrected chi connectivity index (χ4v) is 2.81. The molecule has 0 saturated carbocycles. The molecule has 1 atom stereocenters. The number of fused-ring (bicyclic) bond motifs is 1. The van der Waals surface area contributed by atoms with Crippen LogP contribution in [-0.4, -0.2) is 25.3 Å². The fourth-order valence-electron chi connectivity index (χ4n) is 2.81. The van der Waals surface area contributed by atoms with E-state index in [9.17, 15) is 9.59 Å². The topological polar surface area (TPSA) is 73.9 Å². The van der Waals surface area contributed by atoms with Crippen molar-refractivity contribution in [2.75, 3.05) is 18.7 Å². The standard InChI is InChI=1S/C22H23NO5/c1-3-15(2)17-6-4-5-7-18(17)23-21(24)13-26-22(25)11-9-16-8-10-19-20(12-16)28-14-27-19/h4-12,15H,3,13-14H2,1-2H3,(H,23,24)/b11-9+/t15-/m0/s1. The van der Waals surface area contributed by atoms with Gasteiger partial charge in [-0.3, -0.25) is 4.79 Å². The fraction of sp³-hybridized carbons (Fsp3) is 0.273. The van der Waals surface area contributed by atoms with Crippen LogP contribution >= 0.6 is 0 Å². The zero-order valence-corrected chi connectivity index (χ0v) is 15.9. The minimum Gasteiger partial charge on any atom is -0.454 e. The molecule has 1 aliphatic heterocycles. The Hall–Kier alpha value is -3.28. The van der Waals surface area contributed by atoms with Crippen molar-refractivity contribution in [2.45, 2.75) is 26.2 Å². The first-order chi connectivity index (χ1) is 13.6. The van der Waals surface area contributed by atoms with Gasteiger partial charge in [-0.25, -0.2) is 4.79 Å². The average molecular weight is 381 g/mol. The van der Waals surface area contributed by atoms with Gasteiger partial charge < -0.3 is 19.5 Å². The van der Waals surface area contributed by atoms with Crippen LogP contribution in [0.4, 0.5) is 5.69 Å². The van der Waals surface area contributed by atoms with E-state index in [1.54, 1.807) is 24.3 Å². The van der Waals surface area contributed by atoms with E-state index >= 15 is 0 Å². The highest BCUT2D eigenvalue weighted by Crippen LogP contribution is 2.32. The summed E-state index contributed by atoms with van der Waals surface area (Å²) in [5.41, 5.74) is 2.58. The van der Waals surface area contributed by atoms with Crippen LogP contribution in [0.25, 0.3) is 6.08 Å². The maximum Gasteiger partial charge on any atom is 0.331 e. The van der Waals surface area contributed by atoms with Gasteiger partial charge >= 0.3 is 5.97 Å². The Balaban J connectivity index is 1.51. The smallest absolute Gasteiger partial charge is 0.331 e. The van der Waals surface area contributed by atoms with E-state index in [0.29, 0.717) is 17.4 Å². The number of carbonyl (C=O) groups is 2. The third-order valence-electron chi connectivity index (χ3n) is 4.53. The first-order valence-electron chi connectivity index (χ1n) is 9.20. The molecular weight excluding hydrogens is 358 g/mol. The Morgan fingerprint density at radius 2 is 1.96 bits per heavy atom. The molecule has 1 N–H and O–H groups in total. The molecular formula is C22H23NO5. The molecule has 0 radical (unpaired) electrons. The molecule has 2 aromatic rings. The zero-order valence-electron chi connectivity index (χ0n) is 15.9. The van der Waals surface area contributed by atoms with Gasteiger partial charge in [-0.2, -0.15) is 0 Å². The summed E-state index contributed by atoms with van der Waals surface area (Å²) in [6, 6.07) is 13.0. The molecule has 28 heavy (non-hydrogen) atoms. The number of rotatable bonds is 7. The number of hydrogen-bond donors (Lipinski definition) is 1. The average Bonchev–Trinajstić information content (AvgIpc) is 3.18. The minimum absolute atomic E-state index is 0.194. The SMILES string of the molecule is CC[C@H](C)c1ccccc1NC(=O)COC(=O)/C=C/c1ccc2c(c1)OCO2. The molecule has 6 nitrogen and oxygen atoms in total. The lowest BCUT2D eigenvalue weighted by atomic mass is 9.97. The van der Waals surface area contributed by atoms with E-state index in [1.807, 2.05) is 24.3 Å². The van der Waals surface area contributed by atoms with E-state index in [4.69, 9.17) is 14.2 Å². The first-order valence-corrected chi connectivity index (χ1v) is 9.20. The van der Waals surface area contributed by atoms with Crippen LogP contribution in [0.1, 0.15) is 37.3 Å². The van der Waals surface area contributed by atoms with Gasteiger partial charge in [0.15, 0.2) is 18.1 Å². The second kappa shape index (κ2) is 9.08. The van der Waals surface area contributed by atoms with Gasteiger partial charge in [-0.15, -0.1) is 0 Å². The van der Waals surface area contributed by atoms with Crippen LogP contribution in [0.5, 0.6) is 11.5 Å². The summed E-state index contributed by atoms with van der Waals surface area (Å²) in [7, 11) is 0. The maximum absolute atomic E-state index is 12.1. The molecule has 0 spiro atoms. The van der Waals surface area contributed by atoms with Crippen molar-refractivity contribution in [2.24, 2.45) is 0 Å². The normalized spacial score (nSPS) is 13.4. The third-order valence-corrected chi connectivity index (χ3v) is 4.53. The predicted molar refractivity (Wildman–Crippen MR) is 106 cm³/mol. The van der Waals surface area contributed by atoms with Crippen LogP contribution < -0.4 is 14.8 Å². The lowest BCUT2D eigenvalue weighted by Gasteiger charge is -2.15. The highest BCUT2D eigenvalue weighted by Gasteiger charge is 2.13. The number of hydrogen-bond acceptors (Lipinski definition) is 5. The van der Waals surface area contributed by atoms with Crippen molar-refractivity contribution < 1.29 is 23.8 Å². The van der Waals surface area contributed by atoms with Gasteiger partial charge in [-0.1, -0.05) is 38.1 Å². The predicted octanol–water partition coefficient (Wildman–Crippen LogP) is 4.12. The highest BCUT2D eigenvalue weighted by atomic mass is 16.7. The summed E-state index contributed by atoms with van der Waals surface area (Å²) in [5.74, 6) is 0.663. The van der Waals surface area contributed by atoms with Crippen LogP contribution in [0, 0.1) is 0 Å². The summed E-state index contributed by atoms with van der Waals surface area (Å²) >= 11 is 0. The van der Waals surface area contributed by atoms with E-state index in [0.717, 1.165) is 23.2 Å². The molecule has 0 aromatic heterocycles. The van der Waals surface area contributed by atoms with Crippen molar-refractivity contribution in [3.8, 4) is 11.5 Å². The minimum atomic E-state index is -0.594. The summed E-state index contributed by atoms with van der Waals surface area (Å²) < 4.78 is 15.6. The molecule has 0 aliphatic carbocycles. The van der Waals surface area contributed by atoms with E-state index in [-0.39, 0.29) is 19.3 Å². The number of amides is 1. The van der Waals surface area contributed by atoms with Gasteiger partial charge in [0, 0.05) is 11.8 Å². The summed E-state index contributed by atoms with van der Waals surface area (Å²) in [5, 5.41) is 2.81. The first kappa shape index (κ1) is 19.5. The van der Waals surface area contributed by atoms with Crippen molar-refractivity contribution in [3.63, 3.8) is 0 Å². The van der Waals surface area contributed by atoms with E-state index < -0.39 is 5.97 Å². The lowest BCUT2D eigenvalue weighted by Crippen LogP contribution is -2.21. The Labute approximate surface area is 164 Å². The van der Waals surface area contributed by atoms with Crippen LogP contribution in [0.15, 0.2) is 48.5 Å². The van der Waals surface area contributed by atoms with E-state index in [2.05, 4.69) is 19.2 Å². The number of benzene rings is 2. The van der Waals surface area contributed by atoms with Crippen LogP contribution in [0.2, 0.25) is 0 Å². The molecule has 1 amide bonds. The monoisotopic (exact) mass is 381 g/mol. The van der Waals surface area contributed by atoms with Crippen molar-refractivity contribution in [1.82, 2.24) is 0 Å². The van der Waals surface area contributed by atoms with Gasteiger partial charge in [-0.05, 0) is 47.7 Å². The Bertz CT molecular complexity index is 890. The quantitative estimate of drug-likeness (QED) is 0.577. The summed E-state index contributed by atoms with van der Waals surface area (Å²) in [4.78, 5) is 24.0. The number of esters is 1. The van der Waals surface area contributed by atoms with Gasteiger partial charge in [0.25, 0.3) is 5.91 Å². The van der Waals surface area contributed by atoms with Crippen molar-refractivity contribution in [1.29, 1.82) is 0 Å². The summed E-state index contributed by atoms with van der Waals surface area (Å²) in [6.45, 7) is 4.04. The molecule has 1 heterocycles. The Morgan fingerprint density at radius 3 is 2.79 bits per heavy atom. The second-order valence-electron chi connectivity index (χ2n) is 6.50. The Morgan fingerprint density at radius 1 is 1.18 bits per heavy atom. The van der Waals surface area contributed by atoms with Crippen LogP contribution in [-0.2, 0) is 14.3 Å². The maximum atomic E-state index is 12.1. The number of para-hydroxylation sites is 1. The largest absolute Gasteiger partial charge is 0.454 e. The molecule has 1 aliphatic rings. The van der Waals surface area contributed by atoms with Gasteiger partial charge in [0.05, 0.1) is 0 Å². The molecule has 6 heteroatoms. The molecule has 2 aromatic carbocycles. The zero-order chi connectivity index (χ0) is 19.9. The number of anilines is 1. The number of nitrogens with one attached hydrogen (secondary N) is 1. The highest BCUT2D eigenvalue weighted by molar-refractivity contribution is 5.95. The van der Waals surface area contributed by atoms with Gasteiger partial charge in [0.2, 0.25) is 6.79 Å². The molecule has 0 fully saturated rings. The summed E-state index contributed by atoms with van der Waals surface area (Å²) in [6.07, 6.45) is 3.84. The van der Waals surface area contributed by atoms with Crippen LogP contribution in [0.3, 0.4) is 0 Å². The third kappa shape index (κ3) is 4.91. The Kier molecular flexibility index (Phi) is 6.32. The second-order valence-corrected chi connectivity index (χ2v) is 6.50. The number of ether oxygens (including phenoxy) is 3.